The normalized spacial score (nSPS) is 11.7. The minimum absolute atomic E-state index is 0.371. The minimum Gasteiger partial charge on any atom is -0.444 e. The maximum Gasteiger partial charge on any atom is 0.407 e. The number of carbonyl (C=O) groups excluding carboxylic acids is 1. The SMILES string of the molecule is CC(C)(C)OC(=O)NCCCc1c2ccccc2cc2c(N)cccc12. The molecule has 0 spiro atoms. The van der Waals surface area contributed by atoms with Crippen molar-refractivity contribution in [3.8, 4) is 0 Å². The molecule has 0 radical (unpaired) electrons. The van der Waals surface area contributed by atoms with E-state index in [2.05, 4.69) is 35.6 Å². The summed E-state index contributed by atoms with van der Waals surface area (Å²) in [4.78, 5) is 11.8. The molecule has 0 atom stereocenters. The number of hydrogen-bond donors (Lipinski definition) is 2. The second-order valence-corrected chi connectivity index (χ2v) is 7.55. The number of carbonyl (C=O) groups is 1. The Kier molecular flexibility index (Phi) is 5.03. The summed E-state index contributed by atoms with van der Waals surface area (Å²) in [5.74, 6) is 0. The van der Waals surface area contributed by atoms with E-state index >= 15 is 0 Å². The molecule has 0 saturated heterocycles. The van der Waals surface area contributed by atoms with Crippen LogP contribution in [0.3, 0.4) is 0 Å². The highest BCUT2D eigenvalue weighted by molar-refractivity contribution is 6.06. The molecule has 136 valence electrons. The molecule has 3 rings (SSSR count). The van der Waals surface area contributed by atoms with E-state index in [9.17, 15) is 4.79 Å². The smallest absolute Gasteiger partial charge is 0.407 e. The van der Waals surface area contributed by atoms with Gasteiger partial charge in [-0.3, -0.25) is 0 Å². The van der Waals surface area contributed by atoms with Crippen LogP contribution in [0.4, 0.5) is 10.5 Å². The Morgan fingerprint density at radius 1 is 1.04 bits per heavy atom. The molecule has 3 aromatic rings. The lowest BCUT2D eigenvalue weighted by atomic mass is 9.93. The third-order valence-electron chi connectivity index (χ3n) is 4.32. The second kappa shape index (κ2) is 7.24. The highest BCUT2D eigenvalue weighted by atomic mass is 16.6. The second-order valence-electron chi connectivity index (χ2n) is 7.55. The van der Waals surface area contributed by atoms with Crippen molar-refractivity contribution in [3.63, 3.8) is 0 Å². The average molecular weight is 350 g/mol. The van der Waals surface area contributed by atoms with Gasteiger partial charge in [-0.25, -0.2) is 4.79 Å². The molecule has 3 N–H and O–H groups in total. The minimum atomic E-state index is -0.479. The Labute approximate surface area is 154 Å². The van der Waals surface area contributed by atoms with Gasteiger partial charge in [0.25, 0.3) is 0 Å². The number of alkyl carbamates (subject to hydrolysis) is 1. The van der Waals surface area contributed by atoms with Gasteiger partial charge in [-0.15, -0.1) is 0 Å². The fourth-order valence-corrected chi connectivity index (χ4v) is 3.24. The number of nitrogens with two attached hydrogens (primary N) is 1. The van der Waals surface area contributed by atoms with Crippen molar-refractivity contribution in [2.45, 2.75) is 39.2 Å². The summed E-state index contributed by atoms with van der Waals surface area (Å²) in [6, 6.07) is 16.6. The van der Waals surface area contributed by atoms with Crippen LogP contribution in [0.1, 0.15) is 32.8 Å². The van der Waals surface area contributed by atoms with Gasteiger partial charge in [0.2, 0.25) is 0 Å². The van der Waals surface area contributed by atoms with E-state index < -0.39 is 5.60 Å². The highest BCUT2D eigenvalue weighted by Gasteiger charge is 2.15. The van der Waals surface area contributed by atoms with Gasteiger partial charge in [-0.1, -0.05) is 36.4 Å². The van der Waals surface area contributed by atoms with Gasteiger partial charge in [0.15, 0.2) is 0 Å². The molecule has 0 bridgehead atoms. The number of benzene rings is 3. The summed E-state index contributed by atoms with van der Waals surface area (Å²) in [7, 11) is 0. The Morgan fingerprint density at radius 2 is 1.77 bits per heavy atom. The van der Waals surface area contributed by atoms with E-state index in [-0.39, 0.29) is 6.09 Å². The molecule has 0 aromatic heterocycles. The lowest BCUT2D eigenvalue weighted by Gasteiger charge is -2.19. The molecular formula is C22H26N2O2. The van der Waals surface area contributed by atoms with E-state index in [0.29, 0.717) is 6.54 Å². The summed E-state index contributed by atoms with van der Waals surface area (Å²) < 4.78 is 5.28. The number of amides is 1. The summed E-state index contributed by atoms with van der Waals surface area (Å²) >= 11 is 0. The third-order valence-corrected chi connectivity index (χ3v) is 4.32. The third kappa shape index (κ3) is 4.07. The molecule has 4 heteroatoms. The summed E-state index contributed by atoms with van der Waals surface area (Å²) in [6.07, 6.45) is 1.32. The zero-order valence-electron chi connectivity index (χ0n) is 15.6. The van der Waals surface area contributed by atoms with Crippen LogP contribution in [0.25, 0.3) is 21.5 Å². The van der Waals surface area contributed by atoms with Crippen molar-refractivity contribution in [3.05, 3.63) is 54.1 Å². The standard InChI is InChI=1S/C22H26N2O2/c1-22(2,3)26-21(25)24-13-7-11-17-16-9-5-4-8-15(16)14-19-18(17)10-6-12-20(19)23/h4-6,8-10,12,14H,7,11,13,23H2,1-3H3,(H,24,25). The van der Waals surface area contributed by atoms with Crippen molar-refractivity contribution >= 4 is 33.3 Å². The topological polar surface area (TPSA) is 64.3 Å². The van der Waals surface area contributed by atoms with E-state index in [1.165, 1.54) is 21.7 Å². The van der Waals surface area contributed by atoms with Gasteiger partial charge < -0.3 is 15.8 Å². The van der Waals surface area contributed by atoms with Crippen molar-refractivity contribution in [2.75, 3.05) is 12.3 Å². The molecule has 0 fully saturated rings. The summed E-state index contributed by atoms with van der Waals surface area (Å²) in [5.41, 5.74) is 7.78. The molecule has 0 saturated carbocycles. The number of nitrogen functional groups attached to an aromatic ring is 1. The summed E-state index contributed by atoms with van der Waals surface area (Å²) in [6.45, 7) is 6.15. The Hall–Kier alpha value is -2.75. The predicted molar refractivity (Wildman–Crippen MR) is 108 cm³/mol. The molecule has 0 aliphatic rings. The number of hydrogen-bond acceptors (Lipinski definition) is 3. The van der Waals surface area contributed by atoms with Crippen LogP contribution < -0.4 is 11.1 Å². The Morgan fingerprint density at radius 3 is 2.54 bits per heavy atom. The molecule has 0 unspecified atom stereocenters. The van der Waals surface area contributed by atoms with E-state index in [1.807, 2.05) is 39.0 Å². The first-order valence-electron chi connectivity index (χ1n) is 9.01. The van der Waals surface area contributed by atoms with Crippen LogP contribution in [0.2, 0.25) is 0 Å². The van der Waals surface area contributed by atoms with Crippen molar-refractivity contribution in [1.82, 2.24) is 5.32 Å². The fraction of sp³-hybridized carbons (Fsp3) is 0.318. The van der Waals surface area contributed by atoms with Crippen LogP contribution in [-0.4, -0.2) is 18.2 Å². The monoisotopic (exact) mass is 350 g/mol. The van der Waals surface area contributed by atoms with Crippen molar-refractivity contribution in [2.24, 2.45) is 0 Å². The maximum atomic E-state index is 11.8. The van der Waals surface area contributed by atoms with Crippen LogP contribution in [0.5, 0.6) is 0 Å². The molecule has 4 nitrogen and oxygen atoms in total. The van der Waals surface area contributed by atoms with Crippen LogP contribution in [0, 0.1) is 0 Å². The number of ether oxygens (including phenoxy) is 1. The van der Waals surface area contributed by atoms with Crippen LogP contribution in [0.15, 0.2) is 48.5 Å². The van der Waals surface area contributed by atoms with Crippen LogP contribution >= 0.6 is 0 Å². The number of aryl methyl sites for hydroxylation is 1. The molecule has 0 heterocycles. The molecule has 26 heavy (non-hydrogen) atoms. The molecule has 0 aliphatic carbocycles. The van der Waals surface area contributed by atoms with Crippen molar-refractivity contribution in [1.29, 1.82) is 0 Å². The first kappa shape index (κ1) is 18.1. The molecule has 3 aromatic carbocycles. The number of fused-ring (bicyclic) bond motifs is 2. The molecule has 1 amide bonds. The predicted octanol–water partition coefficient (Wildman–Crippen LogP) is 5.03. The zero-order valence-corrected chi connectivity index (χ0v) is 15.6. The van der Waals surface area contributed by atoms with E-state index in [4.69, 9.17) is 10.5 Å². The number of nitrogens with one attached hydrogen (secondary N) is 1. The van der Waals surface area contributed by atoms with E-state index in [1.54, 1.807) is 0 Å². The van der Waals surface area contributed by atoms with Gasteiger partial charge >= 0.3 is 6.09 Å². The first-order valence-corrected chi connectivity index (χ1v) is 9.01. The summed E-state index contributed by atoms with van der Waals surface area (Å²) in [5, 5.41) is 7.52. The first-order chi connectivity index (χ1) is 12.3. The largest absolute Gasteiger partial charge is 0.444 e. The lowest BCUT2D eigenvalue weighted by Crippen LogP contribution is -2.33. The number of rotatable bonds is 4. The number of anilines is 1. The van der Waals surface area contributed by atoms with Gasteiger partial charge in [-0.05, 0) is 67.5 Å². The lowest BCUT2D eigenvalue weighted by molar-refractivity contribution is 0.0527. The van der Waals surface area contributed by atoms with Gasteiger partial charge in [-0.2, -0.15) is 0 Å². The highest BCUT2D eigenvalue weighted by Crippen LogP contribution is 2.32. The zero-order chi connectivity index (χ0) is 18.7. The van der Waals surface area contributed by atoms with Gasteiger partial charge in [0, 0.05) is 17.6 Å². The quantitative estimate of drug-likeness (QED) is 0.394. The molecular weight excluding hydrogens is 324 g/mol. The molecule has 0 aliphatic heterocycles. The van der Waals surface area contributed by atoms with Crippen LogP contribution in [-0.2, 0) is 11.2 Å². The maximum absolute atomic E-state index is 11.8. The fourth-order valence-electron chi connectivity index (χ4n) is 3.24. The average Bonchev–Trinajstić information content (AvgIpc) is 2.57. The van der Waals surface area contributed by atoms with Gasteiger partial charge in [0.1, 0.15) is 5.60 Å². The van der Waals surface area contributed by atoms with Crippen molar-refractivity contribution < 1.29 is 9.53 Å². The Bertz CT molecular complexity index is 942. The van der Waals surface area contributed by atoms with E-state index in [0.717, 1.165) is 23.9 Å². The Balaban J connectivity index is 1.80. The van der Waals surface area contributed by atoms with Gasteiger partial charge in [0.05, 0.1) is 0 Å².